The van der Waals surface area contributed by atoms with Gasteiger partial charge < -0.3 is 5.32 Å². The summed E-state index contributed by atoms with van der Waals surface area (Å²) in [4.78, 5) is 34.9. The van der Waals surface area contributed by atoms with Crippen molar-refractivity contribution in [3.63, 3.8) is 0 Å². The summed E-state index contributed by atoms with van der Waals surface area (Å²) in [6.45, 7) is 6.19. The fraction of sp³-hybridized carbons (Fsp3) is 0.200. The predicted octanol–water partition coefficient (Wildman–Crippen LogP) is 2.65. The minimum Gasteiger partial charge on any atom is -0.317 e. The average molecular weight is 382 g/mol. The zero-order chi connectivity index (χ0) is 20.9. The van der Waals surface area contributed by atoms with Crippen LogP contribution >= 0.6 is 0 Å². The van der Waals surface area contributed by atoms with E-state index in [9.17, 15) is 19.7 Å². The van der Waals surface area contributed by atoms with Gasteiger partial charge in [0.15, 0.2) is 0 Å². The zero-order valence-corrected chi connectivity index (χ0v) is 15.9. The summed E-state index contributed by atoms with van der Waals surface area (Å²) in [7, 11) is 0. The quantitative estimate of drug-likeness (QED) is 0.241. The highest BCUT2D eigenvalue weighted by atomic mass is 16.6. The van der Waals surface area contributed by atoms with Gasteiger partial charge in [-0.1, -0.05) is 45.0 Å². The fourth-order valence-electron chi connectivity index (χ4n) is 2.45. The topological polar surface area (TPSA) is 127 Å². The van der Waals surface area contributed by atoms with E-state index in [-0.39, 0.29) is 16.8 Å². The third kappa shape index (κ3) is 5.24. The second kappa shape index (κ2) is 8.45. The molecule has 0 fully saturated rings. The molecule has 0 aliphatic heterocycles. The lowest BCUT2D eigenvalue weighted by Gasteiger charge is -2.19. The van der Waals surface area contributed by atoms with Crippen molar-refractivity contribution in [1.29, 1.82) is 0 Å². The number of non-ortho nitro benzene ring substituents is 1. The number of amides is 2. The molecule has 0 spiro atoms. The number of nitro groups is 1. The molecule has 4 N–H and O–H groups in total. The number of nitrogens with one attached hydrogen (secondary N) is 2. The second-order valence-corrected chi connectivity index (χ2v) is 7.17. The molecule has 0 saturated heterocycles. The van der Waals surface area contributed by atoms with Crippen LogP contribution in [0.25, 0.3) is 6.08 Å². The number of benzene rings is 2. The van der Waals surface area contributed by atoms with Crippen LogP contribution in [0, 0.1) is 10.1 Å². The average Bonchev–Trinajstić information content (AvgIpc) is 2.66. The van der Waals surface area contributed by atoms with E-state index in [1.165, 1.54) is 24.3 Å². The number of carbonyl (C=O) groups is 2. The summed E-state index contributed by atoms with van der Waals surface area (Å²) in [5.74, 6) is 3.96. The molecular formula is C20H22N4O4. The third-order valence-electron chi connectivity index (χ3n) is 4.03. The number of carbonyl (C=O) groups excluding carboxylic acids is 2. The number of nitro benzene ring substituents is 1. The number of hydrogen-bond donors (Lipinski definition) is 3. The van der Waals surface area contributed by atoms with Crippen molar-refractivity contribution < 1.29 is 14.5 Å². The van der Waals surface area contributed by atoms with Crippen LogP contribution in [-0.2, 0) is 10.2 Å². The highest BCUT2D eigenvalue weighted by Gasteiger charge is 2.17. The van der Waals surface area contributed by atoms with E-state index in [2.05, 4.69) is 26.1 Å². The predicted molar refractivity (Wildman–Crippen MR) is 106 cm³/mol. The molecule has 0 aromatic heterocycles. The van der Waals surface area contributed by atoms with Gasteiger partial charge in [0, 0.05) is 17.7 Å². The van der Waals surface area contributed by atoms with E-state index in [1.54, 1.807) is 18.2 Å². The molecule has 28 heavy (non-hydrogen) atoms. The smallest absolute Gasteiger partial charge is 0.281 e. The lowest BCUT2D eigenvalue weighted by atomic mass is 9.87. The van der Waals surface area contributed by atoms with Gasteiger partial charge in [-0.2, -0.15) is 0 Å². The monoisotopic (exact) mass is 382 g/mol. The van der Waals surface area contributed by atoms with Gasteiger partial charge in [-0.3, -0.25) is 25.1 Å². The number of nitrogens with two attached hydrogens (primary N) is 1. The van der Waals surface area contributed by atoms with E-state index >= 15 is 0 Å². The first-order valence-corrected chi connectivity index (χ1v) is 8.51. The first-order valence-electron chi connectivity index (χ1n) is 8.51. The van der Waals surface area contributed by atoms with E-state index in [0.717, 1.165) is 5.56 Å². The van der Waals surface area contributed by atoms with Crippen molar-refractivity contribution in [2.45, 2.75) is 26.2 Å². The Hall–Kier alpha value is -3.52. The van der Waals surface area contributed by atoms with Gasteiger partial charge in [0.2, 0.25) is 0 Å². The maximum Gasteiger partial charge on any atom is 0.281 e. The van der Waals surface area contributed by atoms with E-state index in [0.29, 0.717) is 11.1 Å². The van der Waals surface area contributed by atoms with Crippen molar-refractivity contribution in [2.24, 2.45) is 5.84 Å². The molecule has 8 nitrogen and oxygen atoms in total. The van der Waals surface area contributed by atoms with Gasteiger partial charge in [-0.25, -0.2) is 5.84 Å². The number of hydrazine groups is 1. The highest BCUT2D eigenvalue weighted by molar-refractivity contribution is 6.05. The molecule has 146 valence electrons. The Balaban J connectivity index is 2.29. The number of hydrogen-bond acceptors (Lipinski definition) is 5. The molecule has 2 rings (SSSR count). The molecule has 0 heterocycles. The lowest BCUT2D eigenvalue weighted by molar-refractivity contribution is -0.384. The van der Waals surface area contributed by atoms with Gasteiger partial charge in [0.1, 0.15) is 5.70 Å². The van der Waals surface area contributed by atoms with Gasteiger partial charge in [0.25, 0.3) is 17.5 Å². The summed E-state index contributed by atoms with van der Waals surface area (Å²) in [6.07, 6.45) is 1.32. The van der Waals surface area contributed by atoms with Gasteiger partial charge in [0.05, 0.1) is 4.92 Å². The normalized spacial score (nSPS) is 11.6. The Morgan fingerprint density at radius 2 is 1.75 bits per heavy atom. The van der Waals surface area contributed by atoms with E-state index < -0.39 is 16.7 Å². The summed E-state index contributed by atoms with van der Waals surface area (Å²) in [5, 5.41) is 13.4. The summed E-state index contributed by atoms with van der Waals surface area (Å²) >= 11 is 0. The molecule has 0 unspecified atom stereocenters. The van der Waals surface area contributed by atoms with Gasteiger partial charge in [-0.05, 0) is 34.8 Å². The van der Waals surface area contributed by atoms with Crippen molar-refractivity contribution in [2.75, 3.05) is 0 Å². The SMILES string of the molecule is CC(C)(C)c1ccc(C(=O)N/C(=C/c2cccc([N+](=O)[O-])c2)C(=O)NN)cc1. The van der Waals surface area contributed by atoms with Crippen molar-refractivity contribution in [1.82, 2.24) is 10.7 Å². The molecule has 0 bridgehead atoms. The Labute approximate surface area is 162 Å². The molecule has 0 aliphatic rings. The molecule has 0 atom stereocenters. The second-order valence-electron chi connectivity index (χ2n) is 7.17. The van der Waals surface area contributed by atoms with Gasteiger partial charge in [-0.15, -0.1) is 0 Å². The largest absolute Gasteiger partial charge is 0.317 e. The molecule has 0 radical (unpaired) electrons. The maximum atomic E-state index is 12.5. The van der Waals surface area contributed by atoms with Crippen LogP contribution in [0.2, 0.25) is 0 Å². The third-order valence-corrected chi connectivity index (χ3v) is 4.03. The van der Waals surface area contributed by atoms with Crippen LogP contribution < -0.4 is 16.6 Å². The number of rotatable bonds is 5. The summed E-state index contributed by atoms with van der Waals surface area (Å²) < 4.78 is 0. The van der Waals surface area contributed by atoms with Crippen molar-refractivity contribution >= 4 is 23.6 Å². The van der Waals surface area contributed by atoms with Gasteiger partial charge >= 0.3 is 0 Å². The first-order chi connectivity index (χ1) is 13.1. The molecule has 8 heteroatoms. The first kappa shape index (κ1) is 20.8. The van der Waals surface area contributed by atoms with Crippen LogP contribution in [0.1, 0.15) is 42.3 Å². The molecule has 0 aliphatic carbocycles. The molecule has 2 aromatic rings. The van der Waals surface area contributed by atoms with Crippen molar-refractivity contribution in [3.05, 3.63) is 81.0 Å². The Bertz CT molecular complexity index is 928. The summed E-state index contributed by atoms with van der Waals surface area (Å²) in [6, 6.07) is 12.7. The maximum absolute atomic E-state index is 12.5. The minimum absolute atomic E-state index is 0.0540. The Morgan fingerprint density at radius 3 is 2.29 bits per heavy atom. The fourth-order valence-corrected chi connectivity index (χ4v) is 2.45. The van der Waals surface area contributed by atoms with Crippen LogP contribution in [0.5, 0.6) is 0 Å². The van der Waals surface area contributed by atoms with Crippen LogP contribution in [0.4, 0.5) is 5.69 Å². The lowest BCUT2D eigenvalue weighted by Crippen LogP contribution is -2.38. The summed E-state index contributed by atoms with van der Waals surface area (Å²) in [5.41, 5.74) is 3.43. The molecule has 2 amide bonds. The van der Waals surface area contributed by atoms with Crippen LogP contribution in [0.3, 0.4) is 0 Å². The standard InChI is InChI=1S/C20H22N4O4/c1-20(2,3)15-9-7-14(8-10-15)18(25)22-17(19(26)23-21)12-13-5-4-6-16(11-13)24(27)28/h4-12H,21H2,1-3H3,(H,22,25)(H,23,26)/b17-12+. The molecule has 2 aromatic carbocycles. The zero-order valence-electron chi connectivity index (χ0n) is 15.9. The highest BCUT2D eigenvalue weighted by Crippen LogP contribution is 2.22. The Kier molecular flexibility index (Phi) is 6.27. The van der Waals surface area contributed by atoms with E-state index in [1.807, 2.05) is 17.6 Å². The van der Waals surface area contributed by atoms with Crippen LogP contribution in [0.15, 0.2) is 54.2 Å². The van der Waals surface area contributed by atoms with Crippen LogP contribution in [-0.4, -0.2) is 16.7 Å². The Morgan fingerprint density at radius 1 is 1.11 bits per heavy atom. The molecular weight excluding hydrogens is 360 g/mol. The minimum atomic E-state index is -0.730. The van der Waals surface area contributed by atoms with Crippen molar-refractivity contribution in [3.8, 4) is 0 Å². The van der Waals surface area contributed by atoms with E-state index in [4.69, 9.17) is 5.84 Å². The molecule has 0 saturated carbocycles. The number of nitrogens with zero attached hydrogens (tertiary/aromatic N) is 1.